The summed E-state index contributed by atoms with van der Waals surface area (Å²) < 4.78 is 0. The zero-order valence-corrected chi connectivity index (χ0v) is 13.0. The Morgan fingerprint density at radius 2 is 1.79 bits per heavy atom. The standard InChI is InChI=1S/C20H16N2O2/c23-18-7-2-1-5-17(18)20(24)22-21-12-15-11-10-14-9-8-13-4-3-6-16(15)19(13)14/h1-7,10-12,23H,8-9H2,(H,22,24)/b21-12+. The van der Waals surface area contributed by atoms with E-state index in [-0.39, 0.29) is 11.3 Å². The summed E-state index contributed by atoms with van der Waals surface area (Å²) in [5.41, 5.74) is 6.38. The van der Waals surface area contributed by atoms with Crippen molar-refractivity contribution in [3.8, 4) is 5.75 Å². The van der Waals surface area contributed by atoms with E-state index in [1.54, 1.807) is 24.4 Å². The Kier molecular flexibility index (Phi) is 3.50. The minimum atomic E-state index is -0.435. The topological polar surface area (TPSA) is 61.7 Å². The van der Waals surface area contributed by atoms with Crippen molar-refractivity contribution < 1.29 is 9.90 Å². The average Bonchev–Trinajstić information content (AvgIpc) is 3.02. The van der Waals surface area contributed by atoms with Crippen LogP contribution in [0.2, 0.25) is 0 Å². The Morgan fingerprint density at radius 3 is 2.62 bits per heavy atom. The molecule has 0 heterocycles. The molecule has 0 aromatic heterocycles. The largest absolute Gasteiger partial charge is 0.507 e. The number of aromatic hydroxyl groups is 1. The molecule has 0 aliphatic heterocycles. The van der Waals surface area contributed by atoms with Gasteiger partial charge in [-0.3, -0.25) is 4.79 Å². The van der Waals surface area contributed by atoms with Gasteiger partial charge >= 0.3 is 0 Å². The molecule has 0 saturated carbocycles. The van der Waals surface area contributed by atoms with Crippen LogP contribution in [0.3, 0.4) is 0 Å². The lowest BCUT2D eigenvalue weighted by atomic mass is 10.0. The van der Waals surface area contributed by atoms with Crippen LogP contribution in [-0.4, -0.2) is 17.2 Å². The second kappa shape index (κ2) is 5.81. The van der Waals surface area contributed by atoms with E-state index in [9.17, 15) is 9.90 Å². The first-order chi connectivity index (χ1) is 11.7. The fraction of sp³-hybridized carbons (Fsp3) is 0.100. The molecule has 118 valence electrons. The quantitative estimate of drug-likeness (QED) is 0.574. The zero-order chi connectivity index (χ0) is 16.5. The number of hydrogen-bond acceptors (Lipinski definition) is 3. The number of nitrogens with zero attached hydrogens (tertiary/aromatic N) is 1. The van der Waals surface area contributed by atoms with Crippen LogP contribution in [0.4, 0.5) is 0 Å². The van der Waals surface area contributed by atoms with Gasteiger partial charge in [0.25, 0.3) is 5.91 Å². The Morgan fingerprint density at radius 1 is 1.00 bits per heavy atom. The molecule has 4 rings (SSSR count). The first-order valence-corrected chi connectivity index (χ1v) is 7.89. The molecule has 3 aromatic rings. The monoisotopic (exact) mass is 316 g/mol. The first-order valence-electron chi connectivity index (χ1n) is 7.89. The van der Waals surface area contributed by atoms with Crippen molar-refractivity contribution in [2.75, 3.05) is 0 Å². The summed E-state index contributed by atoms with van der Waals surface area (Å²) in [5.74, 6) is -0.495. The Balaban J connectivity index is 1.60. The summed E-state index contributed by atoms with van der Waals surface area (Å²) >= 11 is 0. The third kappa shape index (κ3) is 2.42. The maximum Gasteiger partial charge on any atom is 0.275 e. The summed E-state index contributed by atoms with van der Waals surface area (Å²) in [6, 6.07) is 16.9. The van der Waals surface area contributed by atoms with Crippen molar-refractivity contribution in [1.29, 1.82) is 0 Å². The number of hydrogen-bond donors (Lipinski definition) is 2. The summed E-state index contributed by atoms with van der Waals surface area (Å²) in [5, 5.41) is 16.2. The molecular formula is C20H16N2O2. The molecule has 24 heavy (non-hydrogen) atoms. The lowest BCUT2D eigenvalue weighted by molar-refractivity contribution is 0.0952. The highest BCUT2D eigenvalue weighted by atomic mass is 16.3. The van der Waals surface area contributed by atoms with Crippen molar-refractivity contribution in [2.24, 2.45) is 5.10 Å². The number of para-hydroxylation sites is 1. The molecule has 0 unspecified atom stereocenters. The van der Waals surface area contributed by atoms with Gasteiger partial charge in [-0.2, -0.15) is 5.10 Å². The number of phenols is 1. The van der Waals surface area contributed by atoms with Gasteiger partial charge in [0.2, 0.25) is 0 Å². The smallest absolute Gasteiger partial charge is 0.275 e. The van der Waals surface area contributed by atoms with Crippen LogP contribution in [0.5, 0.6) is 5.75 Å². The molecule has 1 amide bonds. The van der Waals surface area contributed by atoms with Crippen molar-refractivity contribution in [2.45, 2.75) is 12.8 Å². The van der Waals surface area contributed by atoms with Crippen molar-refractivity contribution in [3.63, 3.8) is 0 Å². The van der Waals surface area contributed by atoms with Crippen LogP contribution < -0.4 is 5.43 Å². The lowest BCUT2D eigenvalue weighted by Gasteiger charge is -2.05. The fourth-order valence-electron chi connectivity index (χ4n) is 3.27. The molecule has 3 aromatic carbocycles. The van der Waals surface area contributed by atoms with E-state index in [0.717, 1.165) is 23.8 Å². The number of benzene rings is 3. The molecule has 0 atom stereocenters. The number of rotatable bonds is 3. The van der Waals surface area contributed by atoms with E-state index in [4.69, 9.17) is 0 Å². The van der Waals surface area contributed by atoms with Crippen LogP contribution >= 0.6 is 0 Å². The first kappa shape index (κ1) is 14.5. The van der Waals surface area contributed by atoms with Crippen LogP contribution in [0, 0.1) is 0 Å². The van der Waals surface area contributed by atoms with E-state index < -0.39 is 5.91 Å². The molecule has 0 bridgehead atoms. The summed E-state index contributed by atoms with van der Waals surface area (Å²) in [6.45, 7) is 0. The van der Waals surface area contributed by atoms with Gasteiger partial charge in [0, 0.05) is 5.56 Å². The minimum Gasteiger partial charge on any atom is -0.507 e. The van der Waals surface area contributed by atoms with Gasteiger partial charge < -0.3 is 5.11 Å². The van der Waals surface area contributed by atoms with Gasteiger partial charge in [0.1, 0.15) is 5.75 Å². The van der Waals surface area contributed by atoms with E-state index in [2.05, 4.69) is 34.8 Å². The van der Waals surface area contributed by atoms with Gasteiger partial charge in [-0.25, -0.2) is 5.43 Å². The number of phenolic OH excluding ortho intramolecular Hbond substituents is 1. The number of aryl methyl sites for hydroxylation is 2. The SMILES string of the molecule is O=C(N/N=C/c1ccc2c3c(cccc13)CC2)c1ccccc1O. The number of nitrogens with one attached hydrogen (secondary N) is 1. The Hall–Kier alpha value is -3.14. The number of hydrazone groups is 1. The molecule has 0 fully saturated rings. The molecule has 0 spiro atoms. The van der Waals surface area contributed by atoms with Crippen LogP contribution in [0.1, 0.15) is 27.0 Å². The average molecular weight is 316 g/mol. The van der Waals surface area contributed by atoms with Crippen LogP contribution in [0.15, 0.2) is 59.7 Å². The van der Waals surface area contributed by atoms with Crippen molar-refractivity contribution in [1.82, 2.24) is 5.43 Å². The molecule has 1 aliphatic carbocycles. The minimum absolute atomic E-state index is 0.0597. The summed E-state index contributed by atoms with van der Waals surface area (Å²) in [6.07, 6.45) is 3.81. The third-order valence-corrected chi connectivity index (χ3v) is 4.43. The van der Waals surface area contributed by atoms with Crippen LogP contribution in [0.25, 0.3) is 10.8 Å². The highest BCUT2D eigenvalue weighted by molar-refractivity contribution is 6.04. The lowest BCUT2D eigenvalue weighted by Crippen LogP contribution is -2.17. The van der Waals surface area contributed by atoms with Gasteiger partial charge in [-0.1, -0.05) is 42.5 Å². The highest BCUT2D eigenvalue weighted by Gasteiger charge is 2.15. The fourth-order valence-corrected chi connectivity index (χ4v) is 3.27. The predicted molar refractivity (Wildman–Crippen MR) is 94.5 cm³/mol. The van der Waals surface area contributed by atoms with E-state index in [1.807, 2.05) is 6.07 Å². The summed E-state index contributed by atoms with van der Waals surface area (Å²) in [7, 11) is 0. The number of amides is 1. The van der Waals surface area contributed by atoms with E-state index in [0.29, 0.717) is 0 Å². The van der Waals surface area contributed by atoms with Gasteiger partial charge in [0.05, 0.1) is 11.8 Å². The highest BCUT2D eigenvalue weighted by Crippen LogP contribution is 2.32. The Labute approximate surface area is 139 Å². The van der Waals surface area contributed by atoms with E-state index >= 15 is 0 Å². The van der Waals surface area contributed by atoms with Gasteiger partial charge in [-0.05, 0) is 46.9 Å². The molecular weight excluding hydrogens is 300 g/mol. The van der Waals surface area contributed by atoms with Crippen molar-refractivity contribution in [3.05, 3.63) is 76.9 Å². The molecule has 1 aliphatic rings. The third-order valence-electron chi connectivity index (χ3n) is 4.43. The normalized spacial score (nSPS) is 12.8. The second-order valence-corrected chi connectivity index (χ2v) is 5.87. The summed E-state index contributed by atoms with van der Waals surface area (Å²) in [4.78, 5) is 12.1. The molecule has 4 nitrogen and oxygen atoms in total. The number of carbonyl (C=O) groups is 1. The number of carbonyl (C=O) groups excluding carboxylic acids is 1. The van der Waals surface area contributed by atoms with Crippen molar-refractivity contribution >= 4 is 22.9 Å². The zero-order valence-electron chi connectivity index (χ0n) is 13.0. The predicted octanol–water partition coefficient (Wildman–Crippen LogP) is 3.41. The molecule has 2 N–H and O–H groups in total. The van der Waals surface area contributed by atoms with Crippen LogP contribution in [-0.2, 0) is 12.8 Å². The van der Waals surface area contributed by atoms with E-state index in [1.165, 1.54) is 22.6 Å². The molecule has 0 radical (unpaired) electrons. The molecule has 0 saturated heterocycles. The molecule has 4 heteroatoms. The van der Waals surface area contributed by atoms with Gasteiger partial charge in [-0.15, -0.1) is 0 Å². The maximum atomic E-state index is 12.1. The van der Waals surface area contributed by atoms with Gasteiger partial charge in [0.15, 0.2) is 0 Å². The Bertz CT molecular complexity index is 966. The second-order valence-electron chi connectivity index (χ2n) is 5.87. The maximum absolute atomic E-state index is 12.1.